The van der Waals surface area contributed by atoms with Crippen molar-refractivity contribution in [2.75, 3.05) is 13.1 Å². The minimum absolute atomic E-state index is 0.0686. The molecule has 0 unspecified atom stereocenters. The first-order valence-electron chi connectivity index (χ1n) is 9.44. The lowest BCUT2D eigenvalue weighted by molar-refractivity contribution is 0.0931. The topological polar surface area (TPSA) is 59.0 Å². The minimum Gasteiger partial charge on any atom is -0.348 e. The molecule has 3 aromatic rings. The molecule has 138 valence electrons. The van der Waals surface area contributed by atoms with E-state index in [4.69, 9.17) is 5.10 Å². The molecule has 1 saturated heterocycles. The molecule has 2 N–H and O–H groups in total. The van der Waals surface area contributed by atoms with E-state index < -0.39 is 0 Å². The Bertz CT molecular complexity index is 909. The third-order valence-electron chi connectivity index (χ3n) is 4.94. The van der Waals surface area contributed by atoms with Gasteiger partial charge < -0.3 is 10.6 Å². The van der Waals surface area contributed by atoms with Crippen molar-refractivity contribution >= 4 is 5.91 Å². The van der Waals surface area contributed by atoms with Gasteiger partial charge in [0.25, 0.3) is 5.91 Å². The van der Waals surface area contributed by atoms with Gasteiger partial charge in [-0.15, -0.1) is 0 Å². The number of rotatable bonds is 4. The summed E-state index contributed by atoms with van der Waals surface area (Å²) in [6.45, 7) is 3.89. The molecular weight excluding hydrogens is 336 g/mol. The fraction of sp³-hybridized carbons (Fsp3) is 0.273. The molecule has 27 heavy (non-hydrogen) atoms. The van der Waals surface area contributed by atoms with Crippen LogP contribution in [0.2, 0.25) is 0 Å². The van der Waals surface area contributed by atoms with Gasteiger partial charge in [0.1, 0.15) is 5.69 Å². The largest absolute Gasteiger partial charge is 0.348 e. The van der Waals surface area contributed by atoms with Gasteiger partial charge in [0.15, 0.2) is 0 Å². The molecule has 0 spiro atoms. The van der Waals surface area contributed by atoms with E-state index in [0.29, 0.717) is 11.3 Å². The molecule has 2 heterocycles. The molecule has 1 atom stereocenters. The third kappa shape index (κ3) is 3.93. The molecule has 5 nitrogen and oxygen atoms in total. The SMILES string of the molecule is Cc1ccc(-n2cc(C(=O)N[C@H]3CCCNC3)c(-c3ccccc3)n2)cc1. The monoisotopic (exact) mass is 360 g/mol. The van der Waals surface area contributed by atoms with Crippen LogP contribution in [0.5, 0.6) is 0 Å². The van der Waals surface area contributed by atoms with E-state index in [1.165, 1.54) is 5.56 Å². The van der Waals surface area contributed by atoms with Gasteiger partial charge in [-0.3, -0.25) is 4.79 Å². The predicted octanol–water partition coefficient (Wildman–Crippen LogP) is 3.33. The Hall–Kier alpha value is -2.92. The molecule has 1 aliphatic rings. The van der Waals surface area contributed by atoms with Gasteiger partial charge in [-0.2, -0.15) is 5.10 Å². The molecule has 0 radical (unpaired) electrons. The molecule has 1 fully saturated rings. The van der Waals surface area contributed by atoms with Crippen molar-refractivity contribution in [3.8, 4) is 16.9 Å². The van der Waals surface area contributed by atoms with Crippen molar-refractivity contribution in [2.45, 2.75) is 25.8 Å². The first-order valence-corrected chi connectivity index (χ1v) is 9.44. The average Bonchev–Trinajstić information content (AvgIpc) is 3.16. The standard InChI is InChI=1S/C22H24N4O/c1-16-9-11-19(12-10-16)26-15-20(21(25-26)17-6-3-2-4-7-17)22(27)24-18-8-5-13-23-14-18/h2-4,6-7,9-12,15,18,23H,5,8,13-14H2,1H3,(H,24,27)/t18-/m0/s1. The van der Waals surface area contributed by atoms with E-state index in [2.05, 4.69) is 17.6 Å². The average molecular weight is 360 g/mol. The van der Waals surface area contributed by atoms with Crippen LogP contribution in [-0.2, 0) is 0 Å². The summed E-state index contributed by atoms with van der Waals surface area (Å²) in [6.07, 6.45) is 3.92. The van der Waals surface area contributed by atoms with Crippen molar-refractivity contribution in [2.24, 2.45) is 0 Å². The van der Waals surface area contributed by atoms with Gasteiger partial charge in [0.05, 0.1) is 11.3 Å². The summed E-state index contributed by atoms with van der Waals surface area (Å²) in [7, 11) is 0. The van der Waals surface area contributed by atoms with Crippen molar-refractivity contribution in [3.05, 3.63) is 71.9 Å². The summed E-state index contributed by atoms with van der Waals surface area (Å²) in [5, 5.41) is 11.2. The summed E-state index contributed by atoms with van der Waals surface area (Å²) >= 11 is 0. The van der Waals surface area contributed by atoms with E-state index in [-0.39, 0.29) is 11.9 Å². The highest BCUT2D eigenvalue weighted by atomic mass is 16.1. The Morgan fingerprint density at radius 2 is 1.93 bits per heavy atom. The molecule has 2 aromatic carbocycles. The second-order valence-corrected chi connectivity index (χ2v) is 7.05. The van der Waals surface area contributed by atoms with Crippen molar-refractivity contribution < 1.29 is 4.79 Å². The smallest absolute Gasteiger partial charge is 0.255 e. The number of amides is 1. The van der Waals surface area contributed by atoms with Crippen LogP contribution in [-0.4, -0.2) is 34.8 Å². The lowest BCUT2D eigenvalue weighted by Crippen LogP contribution is -2.45. The number of aryl methyl sites for hydroxylation is 1. The Balaban J connectivity index is 1.69. The van der Waals surface area contributed by atoms with E-state index in [9.17, 15) is 4.79 Å². The summed E-state index contributed by atoms with van der Waals surface area (Å²) in [5.74, 6) is -0.0686. The molecule has 0 bridgehead atoms. The zero-order valence-corrected chi connectivity index (χ0v) is 15.5. The number of hydrogen-bond donors (Lipinski definition) is 2. The van der Waals surface area contributed by atoms with Gasteiger partial charge in [-0.05, 0) is 38.4 Å². The van der Waals surface area contributed by atoms with E-state index in [1.807, 2.05) is 60.8 Å². The maximum absolute atomic E-state index is 13.0. The lowest BCUT2D eigenvalue weighted by Gasteiger charge is -2.23. The van der Waals surface area contributed by atoms with Gasteiger partial charge in [-0.1, -0.05) is 48.0 Å². The normalized spacial score (nSPS) is 16.9. The van der Waals surface area contributed by atoms with Gasteiger partial charge in [0.2, 0.25) is 0 Å². The van der Waals surface area contributed by atoms with Crippen LogP contribution < -0.4 is 10.6 Å². The molecule has 0 saturated carbocycles. The number of carbonyl (C=O) groups is 1. The van der Waals surface area contributed by atoms with Crippen LogP contribution in [0, 0.1) is 6.92 Å². The van der Waals surface area contributed by atoms with E-state index in [0.717, 1.165) is 37.2 Å². The molecule has 4 rings (SSSR count). The molecule has 1 aliphatic heterocycles. The van der Waals surface area contributed by atoms with Gasteiger partial charge in [-0.25, -0.2) is 4.68 Å². The van der Waals surface area contributed by atoms with Crippen LogP contribution in [0.3, 0.4) is 0 Å². The Morgan fingerprint density at radius 3 is 2.63 bits per heavy atom. The summed E-state index contributed by atoms with van der Waals surface area (Å²) < 4.78 is 1.79. The number of aromatic nitrogens is 2. The first kappa shape index (κ1) is 17.5. The highest BCUT2D eigenvalue weighted by Crippen LogP contribution is 2.24. The van der Waals surface area contributed by atoms with Gasteiger partial charge in [0, 0.05) is 24.3 Å². The number of hydrogen-bond acceptors (Lipinski definition) is 3. The van der Waals surface area contributed by atoms with Crippen LogP contribution in [0.1, 0.15) is 28.8 Å². The second kappa shape index (κ2) is 7.76. The molecule has 1 aromatic heterocycles. The lowest BCUT2D eigenvalue weighted by atomic mass is 10.1. The molecule has 1 amide bonds. The van der Waals surface area contributed by atoms with Crippen LogP contribution in [0.15, 0.2) is 60.8 Å². The van der Waals surface area contributed by atoms with E-state index >= 15 is 0 Å². The Kier molecular flexibility index (Phi) is 5.03. The molecular formula is C22H24N4O. The number of nitrogens with one attached hydrogen (secondary N) is 2. The van der Waals surface area contributed by atoms with Crippen LogP contribution in [0.25, 0.3) is 16.9 Å². The number of benzene rings is 2. The van der Waals surface area contributed by atoms with Crippen LogP contribution in [0.4, 0.5) is 0 Å². The Labute approximate surface area is 159 Å². The van der Waals surface area contributed by atoms with Gasteiger partial charge >= 0.3 is 0 Å². The summed E-state index contributed by atoms with van der Waals surface area (Å²) in [5.41, 5.74) is 4.38. The van der Waals surface area contributed by atoms with Crippen molar-refractivity contribution in [1.29, 1.82) is 0 Å². The summed E-state index contributed by atoms with van der Waals surface area (Å²) in [6, 6.07) is 18.2. The Morgan fingerprint density at radius 1 is 1.15 bits per heavy atom. The molecule has 0 aliphatic carbocycles. The summed E-state index contributed by atoms with van der Waals surface area (Å²) in [4.78, 5) is 13.0. The second-order valence-electron chi connectivity index (χ2n) is 7.05. The quantitative estimate of drug-likeness (QED) is 0.750. The predicted molar refractivity (Wildman–Crippen MR) is 107 cm³/mol. The minimum atomic E-state index is -0.0686. The van der Waals surface area contributed by atoms with E-state index in [1.54, 1.807) is 4.68 Å². The maximum Gasteiger partial charge on any atom is 0.255 e. The highest BCUT2D eigenvalue weighted by molar-refractivity contribution is 6.00. The number of carbonyl (C=O) groups excluding carboxylic acids is 1. The van der Waals surface area contributed by atoms with Crippen molar-refractivity contribution in [3.63, 3.8) is 0 Å². The molecule has 5 heteroatoms. The highest BCUT2D eigenvalue weighted by Gasteiger charge is 2.22. The fourth-order valence-corrected chi connectivity index (χ4v) is 3.42. The van der Waals surface area contributed by atoms with Crippen molar-refractivity contribution in [1.82, 2.24) is 20.4 Å². The zero-order chi connectivity index (χ0) is 18.6. The fourth-order valence-electron chi connectivity index (χ4n) is 3.42. The zero-order valence-electron chi connectivity index (χ0n) is 15.5. The number of piperidine rings is 1. The van der Waals surface area contributed by atoms with Crippen LogP contribution >= 0.6 is 0 Å². The third-order valence-corrected chi connectivity index (χ3v) is 4.94. The number of nitrogens with zero attached hydrogens (tertiary/aromatic N) is 2. The first-order chi connectivity index (χ1) is 13.2. The maximum atomic E-state index is 13.0.